The van der Waals surface area contributed by atoms with E-state index >= 15 is 0 Å². The van der Waals surface area contributed by atoms with E-state index in [0.717, 1.165) is 16.9 Å². The van der Waals surface area contributed by atoms with Gasteiger partial charge in [-0.1, -0.05) is 79.8 Å². The molecule has 0 saturated heterocycles. The van der Waals surface area contributed by atoms with Crippen molar-refractivity contribution in [1.29, 1.82) is 0 Å². The van der Waals surface area contributed by atoms with Gasteiger partial charge in [-0.2, -0.15) is 0 Å². The molecule has 6 nitrogen and oxygen atoms in total. The van der Waals surface area contributed by atoms with E-state index in [-0.39, 0.29) is 12.2 Å². The van der Waals surface area contributed by atoms with Crippen LogP contribution in [0.1, 0.15) is 60.9 Å². The normalized spacial score (nSPS) is 15.6. The van der Waals surface area contributed by atoms with Gasteiger partial charge in [-0.15, -0.1) is 0 Å². The Morgan fingerprint density at radius 1 is 1.11 bits per heavy atom. The summed E-state index contributed by atoms with van der Waals surface area (Å²) in [5.74, 6) is 1.22. The second kappa shape index (κ2) is 10.2. The van der Waals surface area contributed by atoms with Gasteiger partial charge in [0.2, 0.25) is 0 Å². The smallest absolute Gasteiger partial charge is 0.338 e. The molecule has 1 aliphatic heterocycles. The van der Waals surface area contributed by atoms with Crippen LogP contribution in [0.4, 0.5) is 0 Å². The summed E-state index contributed by atoms with van der Waals surface area (Å²) < 4.78 is 13.3. The molecule has 37 heavy (non-hydrogen) atoms. The molecule has 2 aromatic carbocycles. The standard InChI is InChI=1S/C30H28N2O4S/c1-5-35-29(34)25-26(21-9-7-6-8-10-21)31-30-32(27(25)22-14-12-20(13-15-22)18(2)3)28(33)24(37-30)17-23-16-11-19(4)36-23/h6-18,27H,5H2,1-4H3/b24-17+/t27-/m0/s1. The molecular weight excluding hydrogens is 484 g/mol. The summed E-state index contributed by atoms with van der Waals surface area (Å²) in [6.07, 6.45) is 1.73. The third-order valence-electron chi connectivity index (χ3n) is 6.33. The van der Waals surface area contributed by atoms with Crippen LogP contribution < -0.4 is 14.9 Å². The molecular formula is C30H28N2O4S. The molecule has 1 atom stereocenters. The number of fused-ring (bicyclic) bond motifs is 1. The van der Waals surface area contributed by atoms with Gasteiger partial charge in [-0.25, -0.2) is 9.79 Å². The first-order valence-electron chi connectivity index (χ1n) is 12.3. The van der Waals surface area contributed by atoms with Crippen molar-refractivity contribution in [3.05, 3.63) is 120 Å². The van der Waals surface area contributed by atoms with Gasteiger partial charge in [0.25, 0.3) is 5.56 Å². The Bertz CT molecular complexity index is 1650. The molecule has 1 aliphatic rings. The molecule has 0 fully saturated rings. The number of hydrogen-bond acceptors (Lipinski definition) is 6. The molecule has 188 valence electrons. The first-order chi connectivity index (χ1) is 17.9. The fraction of sp³-hybridized carbons (Fsp3) is 0.233. The maximum Gasteiger partial charge on any atom is 0.338 e. The highest BCUT2D eigenvalue weighted by molar-refractivity contribution is 7.07. The minimum absolute atomic E-state index is 0.214. The number of esters is 1. The van der Waals surface area contributed by atoms with E-state index in [0.29, 0.717) is 32.3 Å². The van der Waals surface area contributed by atoms with E-state index in [1.165, 1.54) is 16.9 Å². The lowest BCUT2D eigenvalue weighted by molar-refractivity contribution is -0.138. The Hall–Kier alpha value is -3.97. The molecule has 0 spiro atoms. The number of aryl methyl sites for hydroxylation is 1. The molecule has 3 heterocycles. The van der Waals surface area contributed by atoms with E-state index in [4.69, 9.17) is 14.1 Å². The number of ether oxygens (including phenoxy) is 1. The highest BCUT2D eigenvalue weighted by Gasteiger charge is 2.35. The predicted molar refractivity (Wildman–Crippen MR) is 145 cm³/mol. The van der Waals surface area contributed by atoms with Crippen LogP contribution in [0.3, 0.4) is 0 Å². The van der Waals surface area contributed by atoms with Crippen molar-refractivity contribution in [2.24, 2.45) is 4.99 Å². The van der Waals surface area contributed by atoms with Gasteiger partial charge in [0, 0.05) is 11.6 Å². The fourth-order valence-electron chi connectivity index (χ4n) is 4.48. The number of carbonyl (C=O) groups excluding carboxylic acids is 1. The maximum absolute atomic E-state index is 13.8. The van der Waals surface area contributed by atoms with E-state index in [2.05, 4.69) is 13.8 Å². The Morgan fingerprint density at radius 2 is 1.84 bits per heavy atom. The minimum Gasteiger partial charge on any atom is -0.463 e. The number of aromatic nitrogens is 1. The van der Waals surface area contributed by atoms with Crippen LogP contribution >= 0.6 is 11.3 Å². The van der Waals surface area contributed by atoms with Crippen molar-refractivity contribution in [3.8, 4) is 0 Å². The Balaban J connectivity index is 1.81. The van der Waals surface area contributed by atoms with E-state index < -0.39 is 12.0 Å². The summed E-state index contributed by atoms with van der Waals surface area (Å²) in [5, 5.41) is 0. The summed E-state index contributed by atoms with van der Waals surface area (Å²) in [5.41, 5.74) is 3.40. The topological polar surface area (TPSA) is 73.8 Å². The van der Waals surface area contributed by atoms with Crippen molar-refractivity contribution < 1.29 is 13.9 Å². The van der Waals surface area contributed by atoms with Crippen LogP contribution in [-0.4, -0.2) is 17.1 Å². The summed E-state index contributed by atoms with van der Waals surface area (Å²) in [4.78, 5) is 32.7. The quantitative estimate of drug-likeness (QED) is 0.342. The van der Waals surface area contributed by atoms with Crippen molar-refractivity contribution in [2.75, 3.05) is 6.61 Å². The summed E-state index contributed by atoms with van der Waals surface area (Å²) >= 11 is 1.28. The highest BCUT2D eigenvalue weighted by Crippen LogP contribution is 2.35. The summed E-state index contributed by atoms with van der Waals surface area (Å²) in [7, 11) is 0. The molecule has 2 aromatic heterocycles. The minimum atomic E-state index is -0.688. The Labute approximate surface area is 218 Å². The van der Waals surface area contributed by atoms with Crippen LogP contribution in [0, 0.1) is 6.92 Å². The number of thiazole rings is 1. The highest BCUT2D eigenvalue weighted by atomic mass is 32.1. The first kappa shape index (κ1) is 24.7. The monoisotopic (exact) mass is 512 g/mol. The number of nitrogens with zero attached hydrogens (tertiary/aromatic N) is 2. The molecule has 0 saturated carbocycles. The third kappa shape index (κ3) is 4.74. The van der Waals surface area contributed by atoms with E-state index in [9.17, 15) is 9.59 Å². The Kier molecular flexibility index (Phi) is 6.80. The van der Waals surface area contributed by atoms with E-state index in [1.54, 1.807) is 17.6 Å². The van der Waals surface area contributed by atoms with Crippen LogP contribution in [0.15, 0.2) is 86.5 Å². The van der Waals surface area contributed by atoms with Gasteiger partial charge in [0.05, 0.1) is 28.5 Å². The molecule has 0 N–H and O–H groups in total. The molecule has 4 aromatic rings. The number of furan rings is 1. The lowest BCUT2D eigenvalue weighted by Gasteiger charge is -2.26. The molecule has 7 heteroatoms. The zero-order valence-electron chi connectivity index (χ0n) is 21.2. The van der Waals surface area contributed by atoms with Crippen LogP contribution in [0.25, 0.3) is 11.8 Å². The lowest BCUT2D eigenvalue weighted by Crippen LogP contribution is -2.40. The second-order valence-corrected chi connectivity index (χ2v) is 10.2. The van der Waals surface area contributed by atoms with Crippen molar-refractivity contribution in [3.63, 3.8) is 0 Å². The number of hydrogen-bond donors (Lipinski definition) is 0. The SMILES string of the molecule is CCOC(=O)C1=C(c2ccccc2)N=c2s/c(=C/c3ccc(C)o3)c(=O)n2[C@H]1c1ccc(C(C)C)cc1. The van der Waals surface area contributed by atoms with Gasteiger partial charge in [0.1, 0.15) is 11.5 Å². The van der Waals surface area contributed by atoms with Crippen molar-refractivity contribution in [1.82, 2.24) is 4.57 Å². The predicted octanol–water partition coefficient (Wildman–Crippen LogP) is 4.96. The molecule has 0 bridgehead atoms. The van der Waals surface area contributed by atoms with Crippen molar-refractivity contribution in [2.45, 2.75) is 39.7 Å². The van der Waals surface area contributed by atoms with Gasteiger partial charge < -0.3 is 9.15 Å². The van der Waals surface area contributed by atoms with Gasteiger partial charge >= 0.3 is 5.97 Å². The van der Waals surface area contributed by atoms with Crippen LogP contribution in [-0.2, 0) is 9.53 Å². The zero-order valence-corrected chi connectivity index (χ0v) is 22.0. The molecule has 0 aliphatic carbocycles. The van der Waals surface area contributed by atoms with Gasteiger partial charge in [0.15, 0.2) is 4.80 Å². The molecule has 0 amide bonds. The van der Waals surface area contributed by atoms with Gasteiger partial charge in [-0.05, 0) is 43.0 Å². The average Bonchev–Trinajstić information content (AvgIpc) is 3.45. The van der Waals surface area contributed by atoms with Gasteiger partial charge in [-0.3, -0.25) is 9.36 Å². The molecule has 5 rings (SSSR count). The number of carbonyl (C=O) groups is 1. The van der Waals surface area contributed by atoms with E-state index in [1.807, 2.05) is 73.7 Å². The fourth-order valence-corrected chi connectivity index (χ4v) is 5.46. The Morgan fingerprint density at radius 3 is 2.46 bits per heavy atom. The second-order valence-electron chi connectivity index (χ2n) is 9.20. The third-order valence-corrected chi connectivity index (χ3v) is 7.31. The number of rotatable bonds is 6. The zero-order chi connectivity index (χ0) is 26.1. The molecule has 0 radical (unpaired) electrons. The lowest BCUT2D eigenvalue weighted by atomic mass is 9.91. The largest absolute Gasteiger partial charge is 0.463 e. The molecule has 0 unspecified atom stereocenters. The summed E-state index contributed by atoms with van der Waals surface area (Å²) in [6.45, 7) is 8.11. The summed E-state index contributed by atoms with van der Waals surface area (Å²) in [6, 6.07) is 20.6. The van der Waals surface area contributed by atoms with Crippen LogP contribution in [0.2, 0.25) is 0 Å². The first-order valence-corrected chi connectivity index (χ1v) is 13.1. The average molecular weight is 513 g/mol. The van der Waals surface area contributed by atoms with Crippen LogP contribution in [0.5, 0.6) is 0 Å². The number of benzene rings is 2. The van der Waals surface area contributed by atoms with Crippen molar-refractivity contribution >= 4 is 29.1 Å². The maximum atomic E-state index is 13.8.